The van der Waals surface area contributed by atoms with E-state index in [1.807, 2.05) is 30.3 Å². The number of unbranched alkanes of at least 4 members (excludes halogenated alkanes) is 1. The number of aromatic nitrogens is 1. The summed E-state index contributed by atoms with van der Waals surface area (Å²) in [5.41, 5.74) is 0.516. The smallest absolute Gasteiger partial charge is 0.273 e. The summed E-state index contributed by atoms with van der Waals surface area (Å²) in [7, 11) is 0. The number of nitrogens with two attached hydrogens (primary N) is 1. The summed E-state index contributed by atoms with van der Waals surface area (Å²) in [5.74, 6) is 5.32. The summed E-state index contributed by atoms with van der Waals surface area (Å²) >= 11 is 0. The van der Waals surface area contributed by atoms with Crippen molar-refractivity contribution in [3.8, 4) is 5.75 Å². The van der Waals surface area contributed by atoms with Crippen molar-refractivity contribution in [2.45, 2.75) is 19.4 Å². The van der Waals surface area contributed by atoms with Crippen molar-refractivity contribution in [3.63, 3.8) is 0 Å². The fraction of sp³-hybridized carbons (Fsp3) is 0.222. The molecule has 6 nitrogen and oxygen atoms in total. The highest BCUT2D eigenvalue weighted by Crippen LogP contribution is 2.14. The molecule has 0 unspecified atom stereocenters. The van der Waals surface area contributed by atoms with Gasteiger partial charge in [0.25, 0.3) is 5.91 Å². The Morgan fingerprint density at radius 3 is 2.75 bits per heavy atom. The van der Waals surface area contributed by atoms with Crippen molar-refractivity contribution in [1.82, 2.24) is 9.99 Å². The number of benzene rings is 1. The number of nitrogens with one attached hydrogen (secondary N) is 1. The number of rotatable bonds is 8. The number of allylic oxidation sites excluding steroid dienone is 1. The van der Waals surface area contributed by atoms with Gasteiger partial charge in [0.05, 0.1) is 0 Å². The molecule has 0 aliphatic heterocycles. The molecule has 2 aromatic rings. The number of hydrogen-bond acceptors (Lipinski definition) is 4. The molecule has 0 aliphatic rings. The van der Waals surface area contributed by atoms with Gasteiger partial charge in [-0.05, 0) is 18.4 Å². The summed E-state index contributed by atoms with van der Waals surface area (Å²) in [6, 6.07) is 10.7. The molecular formula is C18H21N3O3. The topological polar surface area (TPSA) is 86.3 Å². The molecule has 1 aromatic carbocycles. The lowest BCUT2D eigenvalue weighted by atomic mass is 10.2. The number of amides is 1. The maximum Gasteiger partial charge on any atom is 0.273 e. The number of carbonyl (C=O) groups excluding carboxylic acids is 1. The fourth-order valence-corrected chi connectivity index (χ4v) is 2.15. The van der Waals surface area contributed by atoms with Crippen LogP contribution in [0.2, 0.25) is 0 Å². The van der Waals surface area contributed by atoms with E-state index in [2.05, 4.69) is 11.9 Å². The molecule has 0 saturated heterocycles. The molecular weight excluding hydrogens is 306 g/mol. The van der Waals surface area contributed by atoms with Crippen LogP contribution >= 0.6 is 0 Å². The van der Waals surface area contributed by atoms with Crippen LogP contribution in [0.1, 0.15) is 28.9 Å². The van der Waals surface area contributed by atoms with E-state index in [4.69, 9.17) is 10.6 Å². The molecule has 0 aliphatic carbocycles. The SMILES string of the molecule is C=CCCCNC(=O)c1c(OCc2ccccc2)c(=O)ccn1N. The Kier molecular flexibility index (Phi) is 6.19. The number of nitrogen functional groups attached to an aromatic ring is 1. The van der Waals surface area contributed by atoms with E-state index in [9.17, 15) is 9.59 Å². The lowest BCUT2D eigenvalue weighted by Gasteiger charge is -2.14. The molecule has 0 saturated carbocycles. The standard InChI is InChI=1S/C18H21N3O3/c1-2-3-7-11-20-18(23)16-17(15(22)10-12-21(16)19)24-13-14-8-5-4-6-9-14/h2,4-6,8-10,12H,1,3,7,11,13,19H2,(H,20,23). The number of nitrogens with zero attached hydrogens (tertiary/aromatic N) is 1. The molecule has 24 heavy (non-hydrogen) atoms. The van der Waals surface area contributed by atoms with Crippen LogP contribution in [0.4, 0.5) is 0 Å². The van der Waals surface area contributed by atoms with Gasteiger partial charge < -0.3 is 15.9 Å². The Bertz CT molecular complexity index is 754. The molecule has 1 amide bonds. The van der Waals surface area contributed by atoms with Crippen LogP contribution in [0.25, 0.3) is 0 Å². The zero-order valence-corrected chi connectivity index (χ0v) is 13.4. The van der Waals surface area contributed by atoms with Crippen molar-refractivity contribution < 1.29 is 9.53 Å². The first-order valence-corrected chi connectivity index (χ1v) is 7.70. The number of hydrogen-bond donors (Lipinski definition) is 2. The predicted molar refractivity (Wildman–Crippen MR) is 93.4 cm³/mol. The Morgan fingerprint density at radius 1 is 1.29 bits per heavy atom. The monoisotopic (exact) mass is 327 g/mol. The molecule has 0 atom stereocenters. The van der Waals surface area contributed by atoms with Crippen molar-refractivity contribution in [2.24, 2.45) is 0 Å². The second-order valence-corrected chi connectivity index (χ2v) is 5.23. The average molecular weight is 327 g/mol. The molecule has 1 aromatic heterocycles. The number of pyridine rings is 1. The molecule has 1 heterocycles. The molecule has 126 valence electrons. The average Bonchev–Trinajstić information content (AvgIpc) is 2.60. The zero-order chi connectivity index (χ0) is 17.4. The van der Waals surface area contributed by atoms with E-state index in [-0.39, 0.29) is 23.5 Å². The minimum absolute atomic E-state index is 0.0111. The van der Waals surface area contributed by atoms with Crippen LogP contribution in [-0.4, -0.2) is 17.1 Å². The first-order chi connectivity index (χ1) is 11.6. The first-order valence-electron chi connectivity index (χ1n) is 7.70. The largest absolute Gasteiger partial charge is 0.482 e. The van der Waals surface area contributed by atoms with Crippen LogP contribution < -0.4 is 21.3 Å². The highest BCUT2D eigenvalue weighted by Gasteiger charge is 2.19. The van der Waals surface area contributed by atoms with E-state index in [1.54, 1.807) is 6.08 Å². The third-order valence-corrected chi connectivity index (χ3v) is 3.40. The Hall–Kier alpha value is -3.02. The van der Waals surface area contributed by atoms with Gasteiger partial charge in [-0.15, -0.1) is 6.58 Å². The number of carbonyl (C=O) groups is 1. The second kappa shape index (κ2) is 8.57. The van der Waals surface area contributed by atoms with E-state index in [1.165, 1.54) is 12.3 Å². The quantitative estimate of drug-likeness (QED) is 0.440. The normalized spacial score (nSPS) is 10.2. The maximum absolute atomic E-state index is 12.4. The van der Waals surface area contributed by atoms with Crippen molar-refractivity contribution in [3.05, 3.63) is 76.7 Å². The van der Waals surface area contributed by atoms with Gasteiger partial charge in [-0.3, -0.25) is 14.3 Å². The van der Waals surface area contributed by atoms with Gasteiger partial charge in [-0.2, -0.15) is 0 Å². The van der Waals surface area contributed by atoms with Crippen molar-refractivity contribution in [1.29, 1.82) is 0 Å². The third-order valence-electron chi connectivity index (χ3n) is 3.40. The molecule has 3 N–H and O–H groups in total. The summed E-state index contributed by atoms with van der Waals surface area (Å²) in [6.45, 7) is 4.27. The predicted octanol–water partition coefficient (Wildman–Crippen LogP) is 1.84. The zero-order valence-electron chi connectivity index (χ0n) is 13.4. The van der Waals surface area contributed by atoms with Gasteiger partial charge in [0.15, 0.2) is 11.4 Å². The Labute approximate surface area is 140 Å². The summed E-state index contributed by atoms with van der Waals surface area (Å²) < 4.78 is 6.69. The van der Waals surface area contributed by atoms with Crippen LogP contribution in [0.15, 0.2) is 60.0 Å². The van der Waals surface area contributed by atoms with E-state index in [0.717, 1.165) is 23.1 Å². The van der Waals surface area contributed by atoms with Gasteiger partial charge in [0, 0.05) is 18.8 Å². The van der Waals surface area contributed by atoms with Crippen molar-refractivity contribution in [2.75, 3.05) is 12.4 Å². The summed E-state index contributed by atoms with van der Waals surface area (Å²) in [5, 5.41) is 2.73. The molecule has 0 fully saturated rings. The Morgan fingerprint density at radius 2 is 2.04 bits per heavy atom. The molecule has 6 heteroatoms. The minimum Gasteiger partial charge on any atom is -0.482 e. The lowest BCUT2D eigenvalue weighted by Crippen LogP contribution is -2.32. The lowest BCUT2D eigenvalue weighted by molar-refractivity contribution is 0.0939. The van der Waals surface area contributed by atoms with E-state index in [0.29, 0.717) is 6.54 Å². The van der Waals surface area contributed by atoms with E-state index < -0.39 is 5.91 Å². The Balaban J connectivity index is 2.17. The van der Waals surface area contributed by atoms with Gasteiger partial charge in [-0.25, -0.2) is 0 Å². The second-order valence-electron chi connectivity index (χ2n) is 5.23. The van der Waals surface area contributed by atoms with Crippen LogP contribution in [0, 0.1) is 0 Å². The molecule has 0 bridgehead atoms. The van der Waals surface area contributed by atoms with Gasteiger partial charge >= 0.3 is 0 Å². The summed E-state index contributed by atoms with van der Waals surface area (Å²) in [4.78, 5) is 24.5. The van der Waals surface area contributed by atoms with E-state index >= 15 is 0 Å². The number of ether oxygens (including phenoxy) is 1. The highest BCUT2D eigenvalue weighted by molar-refractivity contribution is 5.95. The fourth-order valence-electron chi connectivity index (χ4n) is 2.15. The van der Waals surface area contributed by atoms with Crippen LogP contribution in [0.3, 0.4) is 0 Å². The van der Waals surface area contributed by atoms with Gasteiger partial charge in [-0.1, -0.05) is 36.4 Å². The first kappa shape index (κ1) is 17.3. The van der Waals surface area contributed by atoms with Crippen molar-refractivity contribution >= 4 is 5.91 Å². The molecule has 0 spiro atoms. The van der Waals surface area contributed by atoms with Gasteiger partial charge in [0.1, 0.15) is 6.61 Å². The van der Waals surface area contributed by atoms with Crippen LogP contribution in [0.5, 0.6) is 5.75 Å². The van der Waals surface area contributed by atoms with Crippen LogP contribution in [-0.2, 0) is 6.61 Å². The summed E-state index contributed by atoms with van der Waals surface area (Å²) in [6.07, 6.45) is 4.68. The highest BCUT2D eigenvalue weighted by atomic mass is 16.5. The maximum atomic E-state index is 12.4. The molecule has 0 radical (unpaired) electrons. The molecule has 2 rings (SSSR count). The van der Waals surface area contributed by atoms with Gasteiger partial charge in [0.2, 0.25) is 5.43 Å². The minimum atomic E-state index is -0.442. The third kappa shape index (κ3) is 4.49.